The smallest absolute Gasteiger partial charge is 0.106 e. The molecule has 1 unspecified atom stereocenters. The minimum absolute atomic E-state index is 0.170. The maximum atomic E-state index is 9.50. The molecule has 0 aliphatic heterocycles. The third-order valence-corrected chi connectivity index (χ3v) is 3.46. The summed E-state index contributed by atoms with van der Waals surface area (Å²) >= 11 is 1.65. The van der Waals surface area contributed by atoms with Crippen LogP contribution in [-0.2, 0) is 5.41 Å². The van der Waals surface area contributed by atoms with E-state index in [2.05, 4.69) is 33.4 Å². The average molecular weight is 196 g/mol. The number of aliphatic hydroxyl groups is 1. The van der Waals surface area contributed by atoms with Gasteiger partial charge in [0.15, 0.2) is 0 Å². The third-order valence-electron chi connectivity index (χ3n) is 1.88. The van der Waals surface area contributed by atoms with Crippen LogP contribution in [0.5, 0.6) is 0 Å². The molecule has 0 aliphatic rings. The molecule has 0 bridgehead atoms. The highest BCUT2D eigenvalue weighted by Crippen LogP contribution is 2.32. The molecule has 1 heterocycles. The Morgan fingerprint density at radius 1 is 1.46 bits per heavy atom. The molecule has 1 N–H and O–H groups in total. The Labute approximate surface area is 83.7 Å². The molecule has 72 valence electrons. The second-order valence-corrected chi connectivity index (χ2v) is 5.25. The van der Waals surface area contributed by atoms with Crippen molar-refractivity contribution >= 4 is 11.3 Å². The van der Waals surface area contributed by atoms with Crippen molar-refractivity contribution < 1.29 is 5.11 Å². The molecule has 1 aromatic rings. The zero-order valence-corrected chi connectivity index (χ0v) is 9.19. The summed E-state index contributed by atoms with van der Waals surface area (Å²) in [6.07, 6.45) is 1.04. The molecule has 0 radical (unpaired) electrons. The van der Waals surface area contributed by atoms with Gasteiger partial charge in [-0.15, -0.1) is 17.9 Å². The van der Waals surface area contributed by atoms with Crippen LogP contribution in [0.3, 0.4) is 0 Å². The van der Waals surface area contributed by atoms with Crippen molar-refractivity contribution in [3.63, 3.8) is 0 Å². The molecular formula is C11H16OS. The largest absolute Gasteiger partial charge is 0.383 e. The second-order valence-electron chi connectivity index (χ2n) is 4.13. The van der Waals surface area contributed by atoms with Crippen molar-refractivity contribution in [3.8, 4) is 0 Å². The van der Waals surface area contributed by atoms with Gasteiger partial charge in [0.1, 0.15) is 6.10 Å². The first-order valence-corrected chi connectivity index (χ1v) is 5.17. The summed E-state index contributed by atoms with van der Waals surface area (Å²) in [6.45, 7) is 10.1. The van der Waals surface area contributed by atoms with Gasteiger partial charge >= 0.3 is 0 Å². The van der Waals surface area contributed by atoms with Crippen LogP contribution in [0.15, 0.2) is 24.8 Å². The fourth-order valence-electron chi connectivity index (χ4n) is 1.03. The van der Waals surface area contributed by atoms with E-state index in [4.69, 9.17) is 0 Å². The van der Waals surface area contributed by atoms with Crippen molar-refractivity contribution in [2.75, 3.05) is 0 Å². The first-order valence-electron chi connectivity index (χ1n) is 4.36. The lowest BCUT2D eigenvalue weighted by atomic mass is 9.95. The molecule has 13 heavy (non-hydrogen) atoms. The fourth-order valence-corrected chi connectivity index (χ4v) is 2.08. The van der Waals surface area contributed by atoms with Crippen molar-refractivity contribution in [1.29, 1.82) is 0 Å². The molecular weight excluding hydrogens is 180 g/mol. The van der Waals surface area contributed by atoms with E-state index in [1.165, 1.54) is 4.88 Å². The van der Waals surface area contributed by atoms with Gasteiger partial charge in [-0.2, -0.15) is 0 Å². The number of hydrogen-bond acceptors (Lipinski definition) is 2. The molecule has 0 aliphatic carbocycles. The van der Waals surface area contributed by atoms with Gasteiger partial charge in [0, 0.05) is 9.75 Å². The van der Waals surface area contributed by atoms with Crippen LogP contribution < -0.4 is 0 Å². The highest BCUT2D eigenvalue weighted by Gasteiger charge is 2.17. The number of rotatable bonds is 2. The Kier molecular flexibility index (Phi) is 2.94. The normalized spacial score (nSPS) is 14.2. The van der Waals surface area contributed by atoms with Gasteiger partial charge in [-0.3, -0.25) is 0 Å². The average Bonchev–Trinajstić information content (AvgIpc) is 2.50. The third kappa shape index (κ3) is 2.42. The van der Waals surface area contributed by atoms with E-state index in [1.54, 1.807) is 17.4 Å². The van der Waals surface area contributed by atoms with E-state index in [0.717, 1.165) is 4.88 Å². The highest BCUT2D eigenvalue weighted by molar-refractivity contribution is 7.12. The van der Waals surface area contributed by atoms with Crippen LogP contribution in [0, 0.1) is 0 Å². The van der Waals surface area contributed by atoms with Gasteiger partial charge in [-0.1, -0.05) is 26.8 Å². The standard InChI is InChI=1S/C11H16OS/c1-5-8(12)9-6-7-10(13-9)11(2,3)4/h5-8,12H,1H2,2-4H3. The van der Waals surface area contributed by atoms with Crippen LogP contribution in [0.2, 0.25) is 0 Å². The maximum Gasteiger partial charge on any atom is 0.106 e. The second kappa shape index (κ2) is 3.64. The zero-order chi connectivity index (χ0) is 10.1. The predicted octanol–water partition coefficient (Wildman–Crippen LogP) is 3.27. The van der Waals surface area contributed by atoms with Gasteiger partial charge in [0.05, 0.1) is 0 Å². The lowest BCUT2D eigenvalue weighted by Crippen LogP contribution is -2.07. The Bertz CT molecular complexity index is 293. The molecule has 1 nitrogen and oxygen atoms in total. The van der Waals surface area contributed by atoms with E-state index in [0.29, 0.717) is 0 Å². The van der Waals surface area contributed by atoms with Crippen LogP contribution in [0.4, 0.5) is 0 Å². The summed E-state index contributed by atoms with van der Waals surface area (Å²) in [6, 6.07) is 4.05. The van der Waals surface area contributed by atoms with Crippen LogP contribution >= 0.6 is 11.3 Å². The summed E-state index contributed by atoms with van der Waals surface area (Å²) in [7, 11) is 0. The summed E-state index contributed by atoms with van der Waals surface area (Å²) in [5.41, 5.74) is 0.170. The van der Waals surface area contributed by atoms with E-state index >= 15 is 0 Å². The lowest BCUT2D eigenvalue weighted by Gasteiger charge is -2.15. The minimum atomic E-state index is -0.513. The van der Waals surface area contributed by atoms with Crippen LogP contribution in [-0.4, -0.2) is 5.11 Å². The maximum absolute atomic E-state index is 9.50. The molecule has 2 heteroatoms. The molecule has 0 amide bonds. The Morgan fingerprint density at radius 3 is 2.46 bits per heavy atom. The lowest BCUT2D eigenvalue weighted by molar-refractivity contribution is 0.233. The predicted molar refractivity (Wildman–Crippen MR) is 58.2 cm³/mol. The van der Waals surface area contributed by atoms with Crippen LogP contribution in [0.1, 0.15) is 36.6 Å². The number of thiophene rings is 1. The number of hydrogen-bond donors (Lipinski definition) is 1. The minimum Gasteiger partial charge on any atom is -0.383 e. The summed E-state index contributed by atoms with van der Waals surface area (Å²) in [5.74, 6) is 0. The van der Waals surface area contributed by atoms with E-state index < -0.39 is 6.10 Å². The van der Waals surface area contributed by atoms with Gasteiger partial charge in [-0.25, -0.2) is 0 Å². The topological polar surface area (TPSA) is 20.2 Å². The molecule has 0 spiro atoms. The first kappa shape index (κ1) is 10.5. The fraction of sp³-hybridized carbons (Fsp3) is 0.455. The van der Waals surface area contributed by atoms with Crippen molar-refractivity contribution in [1.82, 2.24) is 0 Å². The molecule has 1 atom stereocenters. The van der Waals surface area contributed by atoms with Crippen molar-refractivity contribution in [2.24, 2.45) is 0 Å². The van der Waals surface area contributed by atoms with Gasteiger partial charge in [0.2, 0.25) is 0 Å². The van der Waals surface area contributed by atoms with E-state index in [-0.39, 0.29) is 5.41 Å². The summed E-state index contributed by atoms with van der Waals surface area (Å²) in [4.78, 5) is 2.27. The molecule has 0 fully saturated rings. The molecule has 0 saturated carbocycles. The van der Waals surface area contributed by atoms with Crippen LogP contribution in [0.25, 0.3) is 0 Å². The van der Waals surface area contributed by atoms with E-state index in [9.17, 15) is 5.11 Å². The Morgan fingerprint density at radius 2 is 2.08 bits per heavy atom. The molecule has 1 rings (SSSR count). The quantitative estimate of drug-likeness (QED) is 0.720. The number of aliphatic hydroxyl groups excluding tert-OH is 1. The monoisotopic (exact) mass is 196 g/mol. The SMILES string of the molecule is C=CC(O)c1ccc(C(C)(C)C)s1. The summed E-state index contributed by atoms with van der Waals surface area (Å²) < 4.78 is 0. The first-order chi connectivity index (χ1) is 5.95. The molecule has 0 saturated heterocycles. The van der Waals surface area contributed by atoms with Crippen molar-refractivity contribution in [3.05, 3.63) is 34.5 Å². The van der Waals surface area contributed by atoms with Crippen molar-refractivity contribution in [2.45, 2.75) is 32.3 Å². The van der Waals surface area contributed by atoms with Gasteiger partial charge in [-0.05, 0) is 17.5 Å². The van der Waals surface area contributed by atoms with Gasteiger partial charge in [0.25, 0.3) is 0 Å². The zero-order valence-electron chi connectivity index (χ0n) is 8.37. The summed E-state index contributed by atoms with van der Waals surface area (Å²) in [5, 5.41) is 9.50. The van der Waals surface area contributed by atoms with E-state index in [1.807, 2.05) is 6.07 Å². The molecule has 1 aromatic heterocycles. The van der Waals surface area contributed by atoms with Gasteiger partial charge < -0.3 is 5.11 Å². The highest BCUT2D eigenvalue weighted by atomic mass is 32.1. The Balaban J connectivity index is 2.93. The molecule has 0 aromatic carbocycles. The Hall–Kier alpha value is -0.600.